The van der Waals surface area contributed by atoms with Gasteiger partial charge in [-0.25, -0.2) is 17.6 Å². The molecular formula is C11H9F4N3. The molecule has 0 unspecified atom stereocenters. The molecule has 0 bridgehead atoms. The van der Waals surface area contributed by atoms with E-state index < -0.39 is 23.6 Å². The highest BCUT2D eigenvalue weighted by molar-refractivity contribution is 5.74. The summed E-state index contributed by atoms with van der Waals surface area (Å²) in [5, 5.41) is 3.75. The van der Waals surface area contributed by atoms with Crippen LogP contribution in [0.2, 0.25) is 0 Å². The SMILES string of the molecule is Cn1ncc(-c2cc(C(F)F)cc(F)c2F)c1N. The van der Waals surface area contributed by atoms with Crippen molar-refractivity contribution in [3.8, 4) is 11.1 Å². The van der Waals surface area contributed by atoms with Gasteiger partial charge in [-0.15, -0.1) is 0 Å². The summed E-state index contributed by atoms with van der Waals surface area (Å²) in [6.45, 7) is 0. The van der Waals surface area contributed by atoms with Gasteiger partial charge in [-0.1, -0.05) is 0 Å². The minimum atomic E-state index is -2.89. The Morgan fingerprint density at radius 1 is 1.22 bits per heavy atom. The number of anilines is 1. The fourth-order valence-electron chi connectivity index (χ4n) is 1.59. The van der Waals surface area contributed by atoms with Crippen LogP contribution in [0.15, 0.2) is 18.3 Å². The molecule has 1 heterocycles. The van der Waals surface area contributed by atoms with Crippen molar-refractivity contribution in [1.82, 2.24) is 9.78 Å². The number of alkyl halides is 2. The van der Waals surface area contributed by atoms with Gasteiger partial charge in [0.15, 0.2) is 11.6 Å². The number of nitrogens with two attached hydrogens (primary N) is 1. The molecule has 7 heteroatoms. The molecule has 18 heavy (non-hydrogen) atoms. The summed E-state index contributed by atoms with van der Waals surface area (Å²) in [5.41, 5.74) is 4.76. The van der Waals surface area contributed by atoms with Crippen LogP contribution in [0.4, 0.5) is 23.4 Å². The van der Waals surface area contributed by atoms with E-state index in [9.17, 15) is 17.6 Å². The molecule has 0 amide bonds. The van der Waals surface area contributed by atoms with Gasteiger partial charge in [0.05, 0.1) is 6.20 Å². The first-order valence-electron chi connectivity index (χ1n) is 4.96. The predicted octanol–water partition coefficient (Wildman–Crippen LogP) is 2.89. The number of benzene rings is 1. The quantitative estimate of drug-likeness (QED) is 0.843. The van der Waals surface area contributed by atoms with Crippen LogP contribution in [0, 0.1) is 11.6 Å². The van der Waals surface area contributed by atoms with Gasteiger partial charge < -0.3 is 5.73 Å². The molecule has 2 N–H and O–H groups in total. The lowest BCUT2D eigenvalue weighted by molar-refractivity contribution is 0.151. The Morgan fingerprint density at radius 2 is 1.89 bits per heavy atom. The summed E-state index contributed by atoms with van der Waals surface area (Å²) in [6, 6.07) is 1.34. The van der Waals surface area contributed by atoms with Crippen LogP contribution >= 0.6 is 0 Å². The summed E-state index contributed by atoms with van der Waals surface area (Å²) >= 11 is 0. The molecule has 0 aliphatic heterocycles. The zero-order valence-corrected chi connectivity index (χ0v) is 9.29. The number of rotatable bonds is 2. The second kappa shape index (κ2) is 4.32. The maximum atomic E-state index is 13.6. The Labute approximate surface area is 99.8 Å². The molecular weight excluding hydrogens is 250 g/mol. The number of halogens is 4. The Kier molecular flexibility index (Phi) is 2.98. The lowest BCUT2D eigenvalue weighted by Crippen LogP contribution is -2.00. The summed E-state index contributed by atoms with van der Waals surface area (Å²) < 4.78 is 53.2. The smallest absolute Gasteiger partial charge is 0.263 e. The third kappa shape index (κ3) is 1.92. The first-order valence-corrected chi connectivity index (χ1v) is 4.96. The van der Waals surface area contributed by atoms with Crippen LogP contribution in [0.1, 0.15) is 12.0 Å². The second-order valence-electron chi connectivity index (χ2n) is 3.73. The molecule has 96 valence electrons. The van der Waals surface area contributed by atoms with E-state index >= 15 is 0 Å². The molecule has 2 aromatic rings. The predicted molar refractivity (Wildman–Crippen MR) is 57.9 cm³/mol. The van der Waals surface area contributed by atoms with E-state index in [0.29, 0.717) is 6.07 Å². The highest BCUT2D eigenvalue weighted by atomic mass is 19.3. The maximum absolute atomic E-state index is 13.6. The van der Waals surface area contributed by atoms with Gasteiger partial charge in [-0.3, -0.25) is 4.68 Å². The van der Waals surface area contributed by atoms with Crippen molar-refractivity contribution in [2.75, 3.05) is 5.73 Å². The first kappa shape index (κ1) is 12.4. The van der Waals surface area contributed by atoms with Gasteiger partial charge in [-0.05, 0) is 12.1 Å². The standard InChI is InChI=1S/C11H9F4N3/c1-18-11(16)7(4-17-18)6-2-5(10(14)15)3-8(12)9(6)13/h2-4,10H,16H2,1H3. The van der Waals surface area contributed by atoms with Gasteiger partial charge in [-0.2, -0.15) is 5.10 Å². The van der Waals surface area contributed by atoms with Crippen molar-refractivity contribution in [3.05, 3.63) is 35.5 Å². The van der Waals surface area contributed by atoms with E-state index in [-0.39, 0.29) is 16.9 Å². The van der Waals surface area contributed by atoms with Gasteiger partial charge in [0, 0.05) is 23.7 Å². The van der Waals surface area contributed by atoms with Crippen LogP contribution in [0.5, 0.6) is 0 Å². The monoisotopic (exact) mass is 259 g/mol. The third-order valence-electron chi connectivity index (χ3n) is 2.58. The van der Waals surface area contributed by atoms with E-state index in [1.807, 2.05) is 0 Å². The number of nitrogen functional groups attached to an aromatic ring is 1. The Morgan fingerprint density at radius 3 is 2.39 bits per heavy atom. The normalized spacial score (nSPS) is 11.2. The molecule has 2 rings (SSSR count). The molecule has 0 aliphatic carbocycles. The van der Waals surface area contributed by atoms with Crippen molar-refractivity contribution < 1.29 is 17.6 Å². The van der Waals surface area contributed by atoms with E-state index in [1.165, 1.54) is 17.9 Å². The zero-order chi connectivity index (χ0) is 13.4. The largest absolute Gasteiger partial charge is 0.383 e. The molecule has 1 aromatic heterocycles. The molecule has 3 nitrogen and oxygen atoms in total. The molecule has 0 saturated heterocycles. The lowest BCUT2D eigenvalue weighted by atomic mass is 10.0. The number of aryl methyl sites for hydroxylation is 1. The average Bonchev–Trinajstić information content (AvgIpc) is 2.63. The molecule has 0 atom stereocenters. The fraction of sp³-hybridized carbons (Fsp3) is 0.182. The summed E-state index contributed by atoms with van der Waals surface area (Å²) in [6.07, 6.45) is -1.70. The number of aromatic nitrogens is 2. The lowest BCUT2D eigenvalue weighted by Gasteiger charge is -2.07. The maximum Gasteiger partial charge on any atom is 0.263 e. The van der Waals surface area contributed by atoms with Gasteiger partial charge >= 0.3 is 0 Å². The van der Waals surface area contributed by atoms with E-state index in [1.54, 1.807) is 0 Å². The van der Waals surface area contributed by atoms with Crippen LogP contribution in [0.3, 0.4) is 0 Å². The number of nitrogens with zero attached hydrogens (tertiary/aromatic N) is 2. The number of hydrogen-bond acceptors (Lipinski definition) is 2. The molecule has 0 fully saturated rings. The highest BCUT2D eigenvalue weighted by Crippen LogP contribution is 2.32. The second-order valence-corrected chi connectivity index (χ2v) is 3.73. The average molecular weight is 259 g/mol. The van der Waals surface area contributed by atoms with Crippen molar-refractivity contribution in [2.24, 2.45) is 7.05 Å². The molecule has 0 radical (unpaired) electrons. The van der Waals surface area contributed by atoms with Crippen LogP contribution in [0.25, 0.3) is 11.1 Å². The minimum Gasteiger partial charge on any atom is -0.383 e. The van der Waals surface area contributed by atoms with Crippen LogP contribution < -0.4 is 5.73 Å². The van der Waals surface area contributed by atoms with Crippen molar-refractivity contribution in [3.63, 3.8) is 0 Å². The van der Waals surface area contributed by atoms with E-state index in [0.717, 1.165) is 6.07 Å². The van der Waals surface area contributed by atoms with Gasteiger partial charge in [0.25, 0.3) is 6.43 Å². The summed E-state index contributed by atoms with van der Waals surface area (Å²) in [5.74, 6) is -2.50. The minimum absolute atomic E-state index is 0.0692. The highest BCUT2D eigenvalue weighted by Gasteiger charge is 2.19. The Hall–Kier alpha value is -2.05. The van der Waals surface area contributed by atoms with Gasteiger partial charge in [0.2, 0.25) is 0 Å². The summed E-state index contributed by atoms with van der Waals surface area (Å²) in [7, 11) is 1.50. The molecule has 0 aliphatic rings. The Bertz CT molecular complexity index is 592. The molecule has 0 saturated carbocycles. The van der Waals surface area contributed by atoms with E-state index in [2.05, 4.69) is 5.10 Å². The number of hydrogen-bond donors (Lipinski definition) is 1. The third-order valence-corrected chi connectivity index (χ3v) is 2.58. The Balaban J connectivity index is 2.67. The van der Waals surface area contributed by atoms with Crippen molar-refractivity contribution in [1.29, 1.82) is 0 Å². The first-order chi connectivity index (χ1) is 8.41. The topological polar surface area (TPSA) is 43.8 Å². The molecule has 0 spiro atoms. The van der Waals surface area contributed by atoms with Crippen LogP contribution in [-0.4, -0.2) is 9.78 Å². The van der Waals surface area contributed by atoms with Crippen molar-refractivity contribution in [2.45, 2.75) is 6.43 Å². The molecule has 1 aromatic carbocycles. The zero-order valence-electron chi connectivity index (χ0n) is 9.29. The van der Waals surface area contributed by atoms with Gasteiger partial charge in [0.1, 0.15) is 5.82 Å². The summed E-state index contributed by atoms with van der Waals surface area (Å²) in [4.78, 5) is 0. The fourth-order valence-corrected chi connectivity index (χ4v) is 1.59. The van der Waals surface area contributed by atoms with E-state index in [4.69, 9.17) is 5.73 Å². The van der Waals surface area contributed by atoms with Crippen molar-refractivity contribution >= 4 is 5.82 Å². The van der Waals surface area contributed by atoms with Crippen LogP contribution in [-0.2, 0) is 7.05 Å².